The zero-order chi connectivity index (χ0) is 47.8. The van der Waals surface area contributed by atoms with Gasteiger partial charge in [0.2, 0.25) is 21.8 Å². The number of amides is 5. The van der Waals surface area contributed by atoms with Crippen LogP contribution in [0.1, 0.15) is 56.7 Å². The fourth-order valence-electron chi connectivity index (χ4n) is 7.86. The van der Waals surface area contributed by atoms with E-state index in [9.17, 15) is 32.4 Å². The van der Waals surface area contributed by atoms with Crippen molar-refractivity contribution in [1.82, 2.24) is 49.4 Å². The van der Waals surface area contributed by atoms with Crippen molar-refractivity contribution < 1.29 is 46.6 Å². The number of nitrogens with zero attached hydrogens (tertiary/aromatic N) is 9. The third-order valence-corrected chi connectivity index (χ3v) is 13.2. The summed E-state index contributed by atoms with van der Waals surface area (Å²) in [4.78, 5) is 79.1. The van der Waals surface area contributed by atoms with E-state index in [-0.39, 0.29) is 73.2 Å². The Bertz CT molecular complexity index is 2770. The van der Waals surface area contributed by atoms with Gasteiger partial charge in [-0.25, -0.2) is 23.1 Å². The number of nitrogen functional groups attached to an aromatic ring is 1. The minimum Gasteiger partial charge on any atom is -0.382 e. The predicted octanol–water partition coefficient (Wildman–Crippen LogP) is 1.38. The Labute approximate surface area is 390 Å². The topological polar surface area (TPSA) is 288 Å². The van der Waals surface area contributed by atoms with E-state index in [1.807, 2.05) is 13.1 Å². The van der Waals surface area contributed by atoms with E-state index in [2.05, 4.69) is 46.1 Å². The molecule has 23 nitrogen and oxygen atoms in total. The van der Waals surface area contributed by atoms with Crippen LogP contribution in [0.4, 0.5) is 17.2 Å². The van der Waals surface area contributed by atoms with E-state index in [0.29, 0.717) is 62.0 Å². The van der Waals surface area contributed by atoms with Crippen molar-refractivity contribution in [2.45, 2.75) is 50.1 Å². The first-order valence-corrected chi connectivity index (χ1v) is 23.3. The molecule has 2 aromatic carbocycles. The number of nitrogens with two attached hydrogens (primary N) is 1. The van der Waals surface area contributed by atoms with Crippen molar-refractivity contribution in [2.75, 3.05) is 75.5 Å². The number of hydrogen-bond donors (Lipinski definition) is 4. The van der Waals surface area contributed by atoms with Crippen molar-refractivity contribution >= 4 is 56.8 Å². The lowest BCUT2D eigenvalue weighted by Crippen LogP contribution is -2.54. The smallest absolute Gasteiger partial charge is 0.278 e. The molecule has 68 heavy (non-hydrogen) atoms. The molecule has 5 aromatic rings. The third-order valence-electron chi connectivity index (χ3n) is 11.3. The number of ether oxygens (including phenoxy) is 3. The largest absolute Gasteiger partial charge is 0.382 e. The summed E-state index contributed by atoms with van der Waals surface area (Å²) in [6.07, 6.45) is 5.73. The fourth-order valence-corrected chi connectivity index (χ4v) is 9.28. The minimum atomic E-state index is -3.80. The Morgan fingerprint density at radius 3 is 2.53 bits per heavy atom. The Morgan fingerprint density at radius 1 is 0.971 bits per heavy atom. The van der Waals surface area contributed by atoms with Crippen molar-refractivity contribution in [2.24, 2.45) is 0 Å². The molecule has 2 atom stereocenters. The number of carbonyl (C=O) groups excluding carboxylic acids is 5. The van der Waals surface area contributed by atoms with Crippen LogP contribution in [-0.4, -0.2) is 153 Å². The van der Waals surface area contributed by atoms with Gasteiger partial charge in [-0.3, -0.25) is 44.1 Å². The monoisotopic (exact) mass is 951 g/mol. The molecular weight excluding hydrogens is 903 g/mol. The highest BCUT2D eigenvalue weighted by Gasteiger charge is 2.45. The summed E-state index contributed by atoms with van der Waals surface area (Å²) < 4.78 is 47.8. The molecule has 2 unspecified atom stereocenters. The molecular formula is C44H49N13O10S. The predicted molar refractivity (Wildman–Crippen MR) is 242 cm³/mol. The number of aromatic nitrogens is 6. The van der Waals surface area contributed by atoms with Crippen LogP contribution in [0.2, 0.25) is 0 Å². The number of benzene rings is 2. The summed E-state index contributed by atoms with van der Waals surface area (Å²) in [5.74, 6) is -2.91. The Morgan fingerprint density at radius 2 is 1.78 bits per heavy atom. The molecule has 24 heteroatoms. The maximum atomic E-state index is 13.6. The number of imide groups is 2. The first-order chi connectivity index (χ1) is 32.9. The quantitative estimate of drug-likeness (QED) is 0.0487. The number of sulfonamides is 1. The number of hydrogen-bond acceptors (Lipinski definition) is 18. The lowest BCUT2D eigenvalue weighted by atomic mass is 10.0. The van der Waals surface area contributed by atoms with Gasteiger partial charge in [-0.05, 0) is 49.7 Å². The Balaban J connectivity index is 0.748. The van der Waals surface area contributed by atoms with Gasteiger partial charge in [-0.2, -0.15) is 4.31 Å². The number of rotatable bonds is 20. The summed E-state index contributed by atoms with van der Waals surface area (Å²) in [6, 6.07) is 13.4. The van der Waals surface area contributed by atoms with Crippen molar-refractivity contribution in [3.8, 4) is 11.3 Å². The molecule has 5 N–H and O–H groups in total. The molecule has 0 radical (unpaired) electrons. The molecule has 6 heterocycles. The summed E-state index contributed by atoms with van der Waals surface area (Å²) in [7, 11) is -3.80. The zero-order valence-corrected chi connectivity index (χ0v) is 37.8. The molecule has 0 bridgehead atoms. The van der Waals surface area contributed by atoms with Gasteiger partial charge >= 0.3 is 0 Å². The number of anilines is 3. The number of piperidine rings is 1. The lowest BCUT2D eigenvalue weighted by molar-refractivity contribution is -0.168. The normalized spacial score (nSPS) is 17.2. The molecule has 3 aliphatic heterocycles. The van der Waals surface area contributed by atoms with Crippen LogP contribution in [0.25, 0.3) is 11.3 Å². The van der Waals surface area contributed by atoms with Crippen LogP contribution in [0.3, 0.4) is 0 Å². The van der Waals surface area contributed by atoms with Gasteiger partial charge < -0.3 is 30.6 Å². The maximum Gasteiger partial charge on any atom is 0.278 e. The van der Waals surface area contributed by atoms with E-state index < -0.39 is 51.9 Å². The second-order valence-corrected chi connectivity index (χ2v) is 17.7. The molecule has 0 saturated carbocycles. The highest BCUT2D eigenvalue weighted by molar-refractivity contribution is 7.89. The lowest BCUT2D eigenvalue weighted by Gasteiger charge is -2.33. The average Bonchev–Trinajstić information content (AvgIpc) is 3.89. The van der Waals surface area contributed by atoms with Crippen molar-refractivity contribution in [1.29, 1.82) is 0 Å². The van der Waals surface area contributed by atoms with Gasteiger partial charge in [0.15, 0.2) is 17.8 Å². The SMILES string of the molecule is CCOC(COCCn1cc(CN2CCN(S(=O)(=O)c3ccc(-c4cnc(N)c(C(=O)Nc5cccnc5)n4)cc3)CC2)nn1)OCCNc1cccc2c1C(=O)N(C1CCC(=O)NC1=O)C2=O. The summed E-state index contributed by atoms with van der Waals surface area (Å²) >= 11 is 0. The fraction of sp³-hybridized carbons (Fsp3) is 0.364. The van der Waals surface area contributed by atoms with E-state index in [1.165, 1.54) is 34.9 Å². The van der Waals surface area contributed by atoms with E-state index in [0.717, 1.165) is 10.6 Å². The number of nitrogens with one attached hydrogen (secondary N) is 3. The zero-order valence-electron chi connectivity index (χ0n) is 36.9. The third kappa shape index (κ3) is 10.9. The van der Waals surface area contributed by atoms with Crippen LogP contribution in [0.15, 0.2) is 84.3 Å². The first-order valence-electron chi connectivity index (χ1n) is 21.8. The van der Waals surface area contributed by atoms with Crippen LogP contribution >= 0.6 is 0 Å². The van der Waals surface area contributed by atoms with Crippen LogP contribution in [0, 0.1) is 0 Å². The van der Waals surface area contributed by atoms with Crippen LogP contribution in [-0.2, 0) is 46.9 Å². The van der Waals surface area contributed by atoms with Gasteiger partial charge in [0, 0.05) is 75.9 Å². The number of fused-ring (bicyclic) bond motifs is 1. The standard InChI is InChI=1S/C44H49N13O10S/c1-2-66-37(67-21-15-47-33-7-3-6-32-38(33)44(62)57(43(32)61)35-12-13-36(58)51-41(35)59)27-65-22-20-55-26-30(52-53-55)25-54-16-18-56(19-17-54)68(63,64)31-10-8-28(9-11-31)34-24-48-40(45)39(50-34)42(60)49-29-5-4-14-46-23-29/h3-11,14,23-24,26,35,37,47H,2,12-13,15-22,25,27H2,1H3,(H2,45,48)(H,49,60)(H,51,58,59). The molecule has 5 amide bonds. The van der Waals surface area contributed by atoms with Gasteiger partial charge in [-0.15, -0.1) is 5.10 Å². The highest BCUT2D eigenvalue weighted by atomic mass is 32.2. The Kier molecular flexibility index (Phi) is 14.8. The second kappa shape index (κ2) is 21.3. The molecule has 0 spiro atoms. The Hall–Kier alpha value is -7.09. The van der Waals surface area contributed by atoms with Gasteiger partial charge in [-0.1, -0.05) is 23.4 Å². The van der Waals surface area contributed by atoms with Crippen molar-refractivity contribution in [3.05, 3.63) is 102 Å². The second-order valence-electron chi connectivity index (χ2n) is 15.8. The van der Waals surface area contributed by atoms with E-state index in [4.69, 9.17) is 19.9 Å². The van der Waals surface area contributed by atoms with E-state index in [1.54, 1.807) is 47.3 Å². The van der Waals surface area contributed by atoms with Crippen LogP contribution < -0.4 is 21.7 Å². The highest BCUT2D eigenvalue weighted by Crippen LogP contribution is 2.32. The van der Waals surface area contributed by atoms with Crippen molar-refractivity contribution in [3.63, 3.8) is 0 Å². The maximum absolute atomic E-state index is 13.6. The number of pyridine rings is 1. The minimum absolute atomic E-state index is 0.0327. The van der Waals surface area contributed by atoms with Gasteiger partial charge in [0.1, 0.15) is 6.04 Å². The molecule has 0 aliphatic carbocycles. The average molecular weight is 952 g/mol. The summed E-state index contributed by atoms with van der Waals surface area (Å²) in [5.41, 5.74) is 8.72. The first kappa shape index (κ1) is 47.4. The molecule has 3 aliphatic rings. The number of carbonyl (C=O) groups is 5. The molecule has 356 valence electrons. The summed E-state index contributed by atoms with van der Waals surface area (Å²) in [6.45, 7) is 5.51. The molecule has 2 fully saturated rings. The van der Waals surface area contributed by atoms with Gasteiger partial charge in [0.25, 0.3) is 17.7 Å². The molecule has 8 rings (SSSR count). The molecule has 2 saturated heterocycles. The molecule has 3 aromatic heterocycles. The van der Waals surface area contributed by atoms with Gasteiger partial charge in [0.05, 0.1) is 71.9 Å². The van der Waals surface area contributed by atoms with Crippen LogP contribution in [0.5, 0.6) is 0 Å². The van der Waals surface area contributed by atoms with E-state index >= 15 is 0 Å². The number of piperazine rings is 1. The summed E-state index contributed by atoms with van der Waals surface area (Å²) in [5, 5.41) is 16.5.